The van der Waals surface area contributed by atoms with Gasteiger partial charge in [0.2, 0.25) is 11.9 Å². The van der Waals surface area contributed by atoms with E-state index < -0.39 is 0 Å². The van der Waals surface area contributed by atoms with E-state index in [1.807, 2.05) is 56.4 Å². The molecule has 1 amide bonds. The molecule has 0 aliphatic carbocycles. The van der Waals surface area contributed by atoms with Gasteiger partial charge in [0.25, 0.3) is 0 Å². The molecule has 0 spiro atoms. The molecule has 0 fully saturated rings. The van der Waals surface area contributed by atoms with Gasteiger partial charge in [-0.1, -0.05) is 0 Å². The fourth-order valence-electron chi connectivity index (χ4n) is 4.25. The second-order valence-electron chi connectivity index (χ2n) is 8.23. The zero-order chi connectivity index (χ0) is 23.7. The lowest BCUT2D eigenvalue weighted by atomic mass is 10.0. The third-order valence-corrected chi connectivity index (χ3v) is 5.87. The minimum Gasteiger partial charge on any atom is -0.497 e. The molecule has 0 radical (unpaired) electrons. The lowest BCUT2D eigenvalue weighted by Gasteiger charge is -2.42. The largest absolute Gasteiger partial charge is 0.497 e. The fraction of sp³-hybridized carbons (Fsp3) is 0.320. The first-order chi connectivity index (χ1) is 15.8. The summed E-state index contributed by atoms with van der Waals surface area (Å²) in [5.41, 5.74) is 4.29. The van der Waals surface area contributed by atoms with Gasteiger partial charge in [0, 0.05) is 36.6 Å². The second-order valence-corrected chi connectivity index (χ2v) is 8.23. The Labute approximate surface area is 194 Å². The first kappa shape index (κ1) is 22.4. The van der Waals surface area contributed by atoms with E-state index in [2.05, 4.69) is 34.0 Å². The Kier molecular flexibility index (Phi) is 6.09. The third kappa shape index (κ3) is 4.16. The maximum absolute atomic E-state index is 12.7. The van der Waals surface area contributed by atoms with Gasteiger partial charge in [-0.2, -0.15) is 0 Å². The number of fused-ring (bicyclic) bond motifs is 1. The van der Waals surface area contributed by atoms with Gasteiger partial charge in [0.05, 0.1) is 31.3 Å². The molecule has 8 heteroatoms. The first-order valence-electron chi connectivity index (χ1n) is 10.9. The van der Waals surface area contributed by atoms with Crippen LogP contribution in [0, 0.1) is 0 Å². The third-order valence-electron chi connectivity index (χ3n) is 5.87. The lowest BCUT2D eigenvalue weighted by Crippen LogP contribution is -2.53. The molecule has 4 rings (SSSR count). The topological polar surface area (TPSA) is 79.8 Å². The van der Waals surface area contributed by atoms with Crippen molar-refractivity contribution < 1.29 is 14.3 Å². The van der Waals surface area contributed by atoms with Crippen LogP contribution in [0.1, 0.15) is 20.8 Å². The van der Waals surface area contributed by atoms with E-state index >= 15 is 0 Å². The summed E-state index contributed by atoms with van der Waals surface area (Å²) in [5.74, 6) is 1.93. The number of amides is 1. The quantitative estimate of drug-likeness (QED) is 0.597. The van der Waals surface area contributed by atoms with Gasteiger partial charge in [-0.05, 0) is 57.2 Å². The molecule has 172 valence electrons. The Morgan fingerprint density at radius 3 is 2.52 bits per heavy atom. The summed E-state index contributed by atoms with van der Waals surface area (Å²) >= 11 is 0. The van der Waals surface area contributed by atoms with Gasteiger partial charge in [-0.15, -0.1) is 0 Å². The number of anilines is 4. The fourth-order valence-corrected chi connectivity index (χ4v) is 4.25. The minimum atomic E-state index is -0.236. The predicted molar refractivity (Wildman–Crippen MR) is 131 cm³/mol. The highest BCUT2D eigenvalue weighted by atomic mass is 16.5. The van der Waals surface area contributed by atoms with Crippen LogP contribution in [0.5, 0.6) is 11.5 Å². The van der Waals surface area contributed by atoms with Crippen LogP contribution in [0.3, 0.4) is 0 Å². The van der Waals surface area contributed by atoms with Gasteiger partial charge in [-0.3, -0.25) is 4.79 Å². The van der Waals surface area contributed by atoms with E-state index in [9.17, 15) is 4.79 Å². The smallest absolute Gasteiger partial charge is 0.249 e. The molecule has 3 aromatic rings. The number of benzene rings is 2. The number of hydrogen-bond donors (Lipinski definition) is 1. The van der Waals surface area contributed by atoms with E-state index in [4.69, 9.17) is 9.47 Å². The summed E-state index contributed by atoms with van der Waals surface area (Å²) in [4.78, 5) is 25.6. The summed E-state index contributed by atoms with van der Waals surface area (Å²) in [6.45, 7) is 6.12. The zero-order valence-electron chi connectivity index (χ0n) is 19.8. The normalized spacial score (nSPS) is 15.5. The van der Waals surface area contributed by atoms with Crippen molar-refractivity contribution in [1.82, 2.24) is 9.97 Å². The van der Waals surface area contributed by atoms with Crippen LogP contribution in [-0.2, 0) is 4.79 Å². The van der Waals surface area contributed by atoms with Crippen LogP contribution in [0.15, 0.2) is 48.7 Å². The summed E-state index contributed by atoms with van der Waals surface area (Å²) in [5, 5.41) is 3.31. The number of aromatic nitrogens is 2. The highest BCUT2D eigenvalue weighted by Crippen LogP contribution is 2.39. The van der Waals surface area contributed by atoms with Crippen molar-refractivity contribution in [2.24, 2.45) is 0 Å². The Morgan fingerprint density at radius 2 is 1.82 bits per heavy atom. The van der Waals surface area contributed by atoms with Gasteiger partial charge in [-0.25, -0.2) is 9.97 Å². The number of ether oxygens (including phenoxy) is 2. The number of likely N-dealkylation sites (N-methyl/N-ethyl adjacent to an activating group) is 1. The monoisotopic (exact) mass is 447 g/mol. The van der Waals surface area contributed by atoms with Crippen LogP contribution in [0.25, 0.3) is 11.3 Å². The van der Waals surface area contributed by atoms with E-state index in [1.54, 1.807) is 25.3 Å². The molecule has 0 saturated heterocycles. The van der Waals surface area contributed by atoms with E-state index in [1.165, 1.54) is 0 Å². The molecule has 33 heavy (non-hydrogen) atoms. The minimum absolute atomic E-state index is 0.0846. The number of nitrogens with zero attached hydrogens (tertiary/aromatic N) is 4. The van der Waals surface area contributed by atoms with Crippen LogP contribution in [0.2, 0.25) is 0 Å². The number of methoxy groups -OCH3 is 2. The predicted octanol–water partition coefficient (Wildman–Crippen LogP) is 4.48. The van der Waals surface area contributed by atoms with Crippen LogP contribution in [-0.4, -0.2) is 49.2 Å². The molecule has 1 atom stereocenters. The van der Waals surface area contributed by atoms with Gasteiger partial charge < -0.3 is 24.6 Å². The Bertz CT molecular complexity index is 1180. The number of rotatable bonds is 6. The van der Waals surface area contributed by atoms with Crippen molar-refractivity contribution in [1.29, 1.82) is 0 Å². The van der Waals surface area contributed by atoms with Crippen molar-refractivity contribution in [3.63, 3.8) is 0 Å². The maximum Gasteiger partial charge on any atom is 0.249 e. The van der Waals surface area contributed by atoms with Gasteiger partial charge in [0.1, 0.15) is 17.5 Å². The van der Waals surface area contributed by atoms with Crippen LogP contribution in [0.4, 0.5) is 23.0 Å². The number of carbonyl (C=O) groups is 1. The van der Waals surface area contributed by atoms with Crippen molar-refractivity contribution >= 4 is 28.9 Å². The van der Waals surface area contributed by atoms with Crippen molar-refractivity contribution in [2.75, 3.05) is 36.4 Å². The second kappa shape index (κ2) is 8.97. The molecule has 0 unspecified atom stereocenters. The first-order valence-corrected chi connectivity index (χ1v) is 10.9. The standard InChI is InChI=1S/C25H29N5O3/c1-15(2)30-16(3)24(31)29(4)21-10-7-17(13-22(21)30)27-25-26-12-11-20(28-25)19-9-8-18(32-5)14-23(19)33-6/h7-16H,1-6H3,(H,26,27,28)/t16-/m1/s1. The SMILES string of the molecule is COc1ccc(-c2ccnc(Nc3ccc4c(c3)N(C(C)C)[C@H](C)C(=O)N4C)n2)c(OC)c1. The molecule has 1 aliphatic rings. The maximum atomic E-state index is 12.7. The average Bonchev–Trinajstić information content (AvgIpc) is 2.82. The summed E-state index contributed by atoms with van der Waals surface area (Å²) in [6, 6.07) is 13.3. The highest BCUT2D eigenvalue weighted by Gasteiger charge is 2.34. The number of carbonyl (C=O) groups excluding carboxylic acids is 1. The van der Waals surface area contributed by atoms with Crippen LogP contribution < -0.4 is 24.6 Å². The molecule has 0 bridgehead atoms. The van der Waals surface area contributed by atoms with Gasteiger partial charge in [0.15, 0.2) is 0 Å². The molecule has 2 heterocycles. The average molecular weight is 448 g/mol. The number of hydrogen-bond acceptors (Lipinski definition) is 7. The molecular weight excluding hydrogens is 418 g/mol. The molecule has 1 aromatic heterocycles. The molecule has 2 aromatic carbocycles. The zero-order valence-corrected chi connectivity index (χ0v) is 19.8. The van der Waals surface area contributed by atoms with Crippen molar-refractivity contribution in [3.05, 3.63) is 48.7 Å². The number of nitrogens with one attached hydrogen (secondary N) is 1. The lowest BCUT2D eigenvalue weighted by molar-refractivity contribution is -0.119. The Morgan fingerprint density at radius 1 is 1.03 bits per heavy atom. The molecule has 8 nitrogen and oxygen atoms in total. The molecule has 1 aliphatic heterocycles. The van der Waals surface area contributed by atoms with Crippen molar-refractivity contribution in [3.8, 4) is 22.8 Å². The van der Waals surface area contributed by atoms with E-state index in [0.717, 1.165) is 28.3 Å². The van der Waals surface area contributed by atoms with E-state index in [0.29, 0.717) is 17.4 Å². The summed E-state index contributed by atoms with van der Waals surface area (Å²) in [6.07, 6.45) is 1.71. The molecular formula is C25H29N5O3. The van der Waals surface area contributed by atoms with Crippen LogP contribution >= 0.6 is 0 Å². The van der Waals surface area contributed by atoms with E-state index in [-0.39, 0.29) is 18.0 Å². The summed E-state index contributed by atoms with van der Waals surface area (Å²) < 4.78 is 10.8. The molecule has 0 saturated carbocycles. The Hall–Kier alpha value is -3.81. The Balaban J connectivity index is 1.67. The summed E-state index contributed by atoms with van der Waals surface area (Å²) in [7, 11) is 5.06. The van der Waals surface area contributed by atoms with Gasteiger partial charge >= 0.3 is 0 Å². The molecule has 1 N–H and O–H groups in total. The highest BCUT2D eigenvalue weighted by molar-refractivity contribution is 6.05. The van der Waals surface area contributed by atoms with Crippen molar-refractivity contribution in [2.45, 2.75) is 32.9 Å².